The molecular formula is C14H12N4O. The second-order valence-corrected chi connectivity index (χ2v) is 4.03. The van der Waals surface area contributed by atoms with E-state index in [4.69, 9.17) is 11.0 Å². The number of nitriles is 1. The second-order valence-electron chi connectivity index (χ2n) is 4.03. The number of nitrogens with two attached hydrogens (primary N) is 1. The Hall–Kier alpha value is -2.87. The van der Waals surface area contributed by atoms with E-state index in [1.165, 1.54) is 0 Å². The monoisotopic (exact) mass is 252 g/mol. The molecule has 1 amide bonds. The van der Waals surface area contributed by atoms with Gasteiger partial charge in [-0.25, -0.2) is 4.98 Å². The van der Waals surface area contributed by atoms with Gasteiger partial charge in [-0.2, -0.15) is 5.26 Å². The normalized spacial score (nSPS) is 9.68. The minimum absolute atomic E-state index is 0.399. The van der Waals surface area contributed by atoms with E-state index < -0.39 is 5.91 Å². The lowest BCUT2D eigenvalue weighted by molar-refractivity contribution is 0.100. The van der Waals surface area contributed by atoms with Crippen LogP contribution in [0, 0.1) is 18.3 Å². The van der Waals surface area contributed by atoms with Crippen LogP contribution < -0.4 is 11.1 Å². The first-order valence-corrected chi connectivity index (χ1v) is 5.64. The highest BCUT2D eigenvalue weighted by Crippen LogP contribution is 2.21. The third kappa shape index (κ3) is 2.69. The van der Waals surface area contributed by atoms with Crippen LogP contribution in [0.15, 0.2) is 36.5 Å². The Kier molecular flexibility index (Phi) is 3.44. The molecule has 19 heavy (non-hydrogen) atoms. The van der Waals surface area contributed by atoms with Crippen LogP contribution in [-0.2, 0) is 0 Å². The summed E-state index contributed by atoms with van der Waals surface area (Å²) in [7, 11) is 0. The van der Waals surface area contributed by atoms with Gasteiger partial charge in [0.2, 0.25) is 5.91 Å². The van der Waals surface area contributed by atoms with Crippen LogP contribution in [0.5, 0.6) is 0 Å². The third-order valence-corrected chi connectivity index (χ3v) is 2.68. The molecule has 0 aliphatic heterocycles. The van der Waals surface area contributed by atoms with Gasteiger partial charge in [-0.3, -0.25) is 4.79 Å². The second kappa shape index (κ2) is 5.19. The van der Waals surface area contributed by atoms with Gasteiger partial charge < -0.3 is 11.1 Å². The highest BCUT2D eigenvalue weighted by atomic mass is 16.1. The van der Waals surface area contributed by atoms with Gasteiger partial charge in [-0.05, 0) is 36.8 Å². The zero-order valence-electron chi connectivity index (χ0n) is 10.3. The quantitative estimate of drug-likeness (QED) is 0.875. The fourth-order valence-electron chi connectivity index (χ4n) is 1.68. The van der Waals surface area contributed by atoms with Crippen molar-refractivity contribution >= 4 is 17.4 Å². The zero-order chi connectivity index (χ0) is 13.8. The first kappa shape index (κ1) is 12.6. The molecule has 0 aliphatic rings. The topological polar surface area (TPSA) is 91.8 Å². The molecule has 2 rings (SSSR count). The van der Waals surface area contributed by atoms with Crippen molar-refractivity contribution in [1.82, 2.24) is 4.98 Å². The maximum Gasteiger partial charge on any atom is 0.248 e. The summed E-state index contributed by atoms with van der Waals surface area (Å²) in [6.07, 6.45) is 1.62. The molecule has 0 radical (unpaired) electrons. The van der Waals surface area contributed by atoms with Crippen LogP contribution in [0.4, 0.5) is 11.5 Å². The molecule has 1 aromatic carbocycles. The summed E-state index contributed by atoms with van der Waals surface area (Å²) >= 11 is 0. The number of pyridine rings is 1. The molecule has 1 heterocycles. The van der Waals surface area contributed by atoms with E-state index in [1.54, 1.807) is 36.5 Å². The first-order valence-electron chi connectivity index (χ1n) is 5.64. The van der Waals surface area contributed by atoms with Crippen molar-refractivity contribution in [2.45, 2.75) is 6.92 Å². The maximum atomic E-state index is 11.1. The van der Waals surface area contributed by atoms with E-state index in [1.807, 2.05) is 6.92 Å². The number of aryl methyl sites for hydroxylation is 1. The molecule has 3 N–H and O–H groups in total. The van der Waals surface area contributed by atoms with Crippen molar-refractivity contribution in [3.8, 4) is 6.07 Å². The summed E-state index contributed by atoms with van der Waals surface area (Å²) in [6.45, 7) is 1.84. The smallest absolute Gasteiger partial charge is 0.248 e. The predicted molar refractivity (Wildman–Crippen MR) is 71.9 cm³/mol. The molecular weight excluding hydrogens is 240 g/mol. The molecule has 0 fully saturated rings. The van der Waals surface area contributed by atoms with Crippen LogP contribution in [0.1, 0.15) is 21.5 Å². The fraction of sp³-hybridized carbons (Fsp3) is 0.0714. The van der Waals surface area contributed by atoms with Crippen LogP contribution in [-0.4, -0.2) is 10.9 Å². The molecule has 0 aliphatic carbocycles. The minimum Gasteiger partial charge on any atom is -0.366 e. The van der Waals surface area contributed by atoms with Crippen molar-refractivity contribution < 1.29 is 4.79 Å². The lowest BCUT2D eigenvalue weighted by Crippen LogP contribution is -2.11. The number of benzene rings is 1. The van der Waals surface area contributed by atoms with Gasteiger partial charge in [0.05, 0.1) is 5.56 Å². The maximum absolute atomic E-state index is 11.1. The summed E-state index contributed by atoms with van der Waals surface area (Å²) in [5, 5.41) is 12.1. The number of hydrogen-bond donors (Lipinski definition) is 2. The minimum atomic E-state index is -0.499. The Labute approximate surface area is 110 Å². The number of aromatic nitrogens is 1. The van der Waals surface area contributed by atoms with Crippen LogP contribution in [0.25, 0.3) is 0 Å². The zero-order valence-corrected chi connectivity index (χ0v) is 10.3. The molecule has 0 saturated carbocycles. The average Bonchev–Trinajstić information content (AvgIpc) is 2.39. The fourth-order valence-corrected chi connectivity index (χ4v) is 1.68. The highest BCUT2D eigenvalue weighted by Gasteiger charge is 2.07. The standard InChI is InChI=1S/C14H12N4O/c1-9-5-6-17-14(12(9)8-15)18-11-4-2-3-10(7-11)13(16)19/h2-7H,1H3,(H2,16,19)(H,17,18). The number of hydrogen-bond acceptors (Lipinski definition) is 4. The summed E-state index contributed by atoms with van der Waals surface area (Å²) in [6, 6.07) is 10.6. The summed E-state index contributed by atoms with van der Waals surface area (Å²) < 4.78 is 0. The van der Waals surface area contributed by atoms with Crippen molar-refractivity contribution in [3.63, 3.8) is 0 Å². The van der Waals surface area contributed by atoms with Crippen molar-refractivity contribution in [3.05, 3.63) is 53.2 Å². The van der Waals surface area contributed by atoms with Crippen LogP contribution in [0.2, 0.25) is 0 Å². The Morgan fingerprint density at radius 3 is 2.89 bits per heavy atom. The Morgan fingerprint density at radius 1 is 1.42 bits per heavy atom. The molecule has 1 aromatic heterocycles. The van der Waals surface area contributed by atoms with E-state index in [0.29, 0.717) is 22.6 Å². The van der Waals surface area contributed by atoms with Crippen molar-refractivity contribution in [1.29, 1.82) is 5.26 Å². The van der Waals surface area contributed by atoms with E-state index in [-0.39, 0.29) is 0 Å². The largest absolute Gasteiger partial charge is 0.366 e. The average molecular weight is 252 g/mol. The SMILES string of the molecule is Cc1ccnc(Nc2cccc(C(N)=O)c2)c1C#N. The number of amides is 1. The highest BCUT2D eigenvalue weighted by molar-refractivity contribution is 5.93. The predicted octanol–water partition coefficient (Wildman–Crippen LogP) is 2.10. The summed E-state index contributed by atoms with van der Waals surface area (Å²) in [5.41, 5.74) is 7.60. The van der Waals surface area contributed by atoms with Gasteiger partial charge in [-0.15, -0.1) is 0 Å². The van der Waals surface area contributed by atoms with Gasteiger partial charge in [-0.1, -0.05) is 6.07 Å². The molecule has 94 valence electrons. The lowest BCUT2D eigenvalue weighted by atomic mass is 10.1. The molecule has 5 heteroatoms. The Bertz CT molecular complexity index is 673. The number of carbonyl (C=O) groups excluding carboxylic acids is 1. The molecule has 0 saturated heterocycles. The molecule has 5 nitrogen and oxygen atoms in total. The molecule has 2 aromatic rings. The molecule has 0 bridgehead atoms. The van der Waals surface area contributed by atoms with Gasteiger partial charge in [0.1, 0.15) is 11.9 Å². The number of nitrogens with zero attached hydrogens (tertiary/aromatic N) is 2. The number of primary amides is 1. The van der Waals surface area contributed by atoms with Crippen molar-refractivity contribution in [2.24, 2.45) is 5.73 Å². The van der Waals surface area contributed by atoms with Gasteiger partial charge in [0, 0.05) is 17.4 Å². The summed E-state index contributed by atoms with van der Waals surface area (Å²) in [5.74, 6) is -0.0366. The lowest BCUT2D eigenvalue weighted by Gasteiger charge is -2.09. The van der Waals surface area contributed by atoms with Crippen molar-refractivity contribution in [2.75, 3.05) is 5.32 Å². The van der Waals surface area contributed by atoms with Gasteiger partial charge in [0.25, 0.3) is 0 Å². The van der Waals surface area contributed by atoms with Gasteiger partial charge in [0.15, 0.2) is 0 Å². The molecule has 0 atom stereocenters. The van der Waals surface area contributed by atoms with E-state index in [2.05, 4.69) is 16.4 Å². The van der Waals surface area contributed by atoms with E-state index in [9.17, 15) is 4.79 Å². The number of nitrogens with one attached hydrogen (secondary N) is 1. The van der Waals surface area contributed by atoms with Crippen LogP contribution >= 0.6 is 0 Å². The number of carbonyl (C=O) groups is 1. The first-order chi connectivity index (χ1) is 9.11. The number of anilines is 2. The molecule has 0 unspecified atom stereocenters. The Balaban J connectivity index is 2.37. The van der Waals surface area contributed by atoms with E-state index >= 15 is 0 Å². The summed E-state index contributed by atoms with van der Waals surface area (Å²) in [4.78, 5) is 15.2. The molecule has 0 spiro atoms. The van der Waals surface area contributed by atoms with Crippen LogP contribution in [0.3, 0.4) is 0 Å². The Morgan fingerprint density at radius 2 is 2.21 bits per heavy atom. The van der Waals surface area contributed by atoms with Gasteiger partial charge >= 0.3 is 0 Å². The number of rotatable bonds is 3. The van der Waals surface area contributed by atoms with E-state index in [0.717, 1.165) is 5.56 Å². The third-order valence-electron chi connectivity index (χ3n) is 2.68.